The SMILES string of the molecule is O=C(CSc1nnc(N2CCN(C(=O)Cc3ccc([N+](=O)[O-])cc3)CC2)s1)NCc1ccco1. The molecule has 0 atom stereocenters. The molecule has 1 N–H and O–H groups in total. The summed E-state index contributed by atoms with van der Waals surface area (Å²) in [6.45, 7) is 2.73. The van der Waals surface area contributed by atoms with Crippen molar-refractivity contribution in [3.05, 3.63) is 64.1 Å². The number of anilines is 1. The minimum absolute atomic E-state index is 0.00825. The summed E-state index contributed by atoms with van der Waals surface area (Å²) in [5.41, 5.74) is 0.755. The molecule has 1 aliphatic heterocycles. The maximum atomic E-state index is 12.6. The van der Waals surface area contributed by atoms with Crippen molar-refractivity contribution in [2.24, 2.45) is 0 Å². The molecular formula is C21H22N6O5S2. The first-order chi connectivity index (χ1) is 16.5. The minimum atomic E-state index is -0.459. The standard InChI is InChI=1S/C21H22N6O5S2/c28-18(22-13-17-2-1-11-32-17)14-33-21-24-23-20(34-21)26-9-7-25(8-10-26)19(29)12-15-3-5-16(6-4-15)27(30)31/h1-6,11H,7-10,12-14H2,(H,22,28). The number of nitro groups is 1. The van der Waals surface area contributed by atoms with Gasteiger partial charge in [-0.3, -0.25) is 19.7 Å². The molecule has 4 rings (SSSR count). The second-order valence-corrected chi connectivity index (χ2v) is 9.64. The molecule has 11 nitrogen and oxygen atoms in total. The molecule has 1 aromatic carbocycles. The number of rotatable bonds is 9. The first kappa shape index (κ1) is 23.7. The van der Waals surface area contributed by atoms with Crippen LogP contribution in [0, 0.1) is 10.1 Å². The van der Waals surface area contributed by atoms with Crippen LogP contribution in [0.4, 0.5) is 10.8 Å². The van der Waals surface area contributed by atoms with Crippen LogP contribution in [0.15, 0.2) is 51.4 Å². The molecule has 2 aromatic heterocycles. The molecule has 3 heterocycles. The number of nitrogens with zero attached hydrogens (tertiary/aromatic N) is 5. The van der Waals surface area contributed by atoms with E-state index >= 15 is 0 Å². The van der Waals surface area contributed by atoms with Gasteiger partial charge in [0.15, 0.2) is 4.34 Å². The summed E-state index contributed by atoms with van der Waals surface area (Å²) < 4.78 is 5.90. The number of carbonyl (C=O) groups is 2. The average molecular weight is 503 g/mol. The van der Waals surface area contributed by atoms with Gasteiger partial charge in [-0.25, -0.2) is 0 Å². The van der Waals surface area contributed by atoms with E-state index in [1.165, 1.54) is 35.2 Å². The van der Waals surface area contributed by atoms with Crippen molar-refractivity contribution < 1.29 is 18.9 Å². The van der Waals surface area contributed by atoms with E-state index in [1.807, 2.05) is 0 Å². The maximum absolute atomic E-state index is 12.6. The van der Waals surface area contributed by atoms with Crippen LogP contribution < -0.4 is 10.2 Å². The van der Waals surface area contributed by atoms with Crippen molar-refractivity contribution in [3.8, 4) is 0 Å². The molecule has 0 saturated carbocycles. The highest BCUT2D eigenvalue weighted by molar-refractivity contribution is 8.01. The van der Waals surface area contributed by atoms with Gasteiger partial charge in [0, 0.05) is 38.3 Å². The van der Waals surface area contributed by atoms with E-state index in [2.05, 4.69) is 20.4 Å². The lowest BCUT2D eigenvalue weighted by molar-refractivity contribution is -0.384. The van der Waals surface area contributed by atoms with Gasteiger partial charge >= 0.3 is 0 Å². The Bertz CT molecular complexity index is 1130. The Morgan fingerprint density at radius 3 is 2.59 bits per heavy atom. The van der Waals surface area contributed by atoms with Crippen LogP contribution in [0.2, 0.25) is 0 Å². The van der Waals surface area contributed by atoms with Crippen LogP contribution in [-0.4, -0.2) is 63.8 Å². The minimum Gasteiger partial charge on any atom is -0.467 e. The molecular weight excluding hydrogens is 480 g/mol. The van der Waals surface area contributed by atoms with Crippen molar-refractivity contribution in [1.29, 1.82) is 0 Å². The van der Waals surface area contributed by atoms with Crippen LogP contribution in [0.25, 0.3) is 0 Å². The van der Waals surface area contributed by atoms with Crippen molar-refractivity contribution in [2.75, 3.05) is 36.8 Å². The predicted octanol–water partition coefficient (Wildman–Crippen LogP) is 2.34. The molecule has 1 saturated heterocycles. The summed E-state index contributed by atoms with van der Waals surface area (Å²) in [7, 11) is 0. The van der Waals surface area contributed by atoms with Gasteiger partial charge in [-0.1, -0.05) is 35.2 Å². The summed E-state index contributed by atoms with van der Waals surface area (Å²) in [5, 5.41) is 22.7. The number of piperazine rings is 1. The number of nitrogens with one attached hydrogen (secondary N) is 1. The fourth-order valence-electron chi connectivity index (χ4n) is 3.33. The smallest absolute Gasteiger partial charge is 0.269 e. The molecule has 0 spiro atoms. The molecule has 34 heavy (non-hydrogen) atoms. The van der Waals surface area contributed by atoms with Gasteiger partial charge < -0.3 is 19.5 Å². The molecule has 13 heteroatoms. The van der Waals surface area contributed by atoms with E-state index in [1.54, 1.807) is 35.4 Å². The summed E-state index contributed by atoms with van der Waals surface area (Å²) in [6, 6.07) is 9.62. The number of amides is 2. The Balaban J connectivity index is 1.20. The summed E-state index contributed by atoms with van der Waals surface area (Å²) >= 11 is 2.75. The fraction of sp³-hybridized carbons (Fsp3) is 0.333. The van der Waals surface area contributed by atoms with Crippen LogP contribution in [0.5, 0.6) is 0 Å². The highest BCUT2D eigenvalue weighted by atomic mass is 32.2. The zero-order valence-electron chi connectivity index (χ0n) is 18.1. The molecule has 1 fully saturated rings. The maximum Gasteiger partial charge on any atom is 0.269 e. The largest absolute Gasteiger partial charge is 0.467 e. The predicted molar refractivity (Wildman–Crippen MR) is 127 cm³/mol. The zero-order chi connectivity index (χ0) is 23.9. The number of nitro benzene ring substituents is 1. The molecule has 0 aliphatic carbocycles. The van der Waals surface area contributed by atoms with Crippen LogP contribution in [-0.2, 0) is 22.6 Å². The molecule has 0 bridgehead atoms. The van der Waals surface area contributed by atoms with E-state index in [4.69, 9.17) is 4.42 Å². The third-order valence-electron chi connectivity index (χ3n) is 5.17. The van der Waals surface area contributed by atoms with Gasteiger partial charge in [0.25, 0.3) is 5.69 Å². The summed E-state index contributed by atoms with van der Waals surface area (Å²) in [4.78, 5) is 38.8. The van der Waals surface area contributed by atoms with E-state index in [0.717, 1.165) is 10.7 Å². The molecule has 2 amide bonds. The quantitative estimate of drug-likeness (QED) is 0.266. The number of hydrogen-bond acceptors (Lipinski definition) is 10. The lowest BCUT2D eigenvalue weighted by atomic mass is 10.1. The van der Waals surface area contributed by atoms with Gasteiger partial charge in [-0.2, -0.15) is 0 Å². The molecule has 3 aromatic rings. The van der Waals surface area contributed by atoms with Crippen molar-refractivity contribution in [3.63, 3.8) is 0 Å². The number of hydrogen-bond donors (Lipinski definition) is 1. The highest BCUT2D eigenvalue weighted by Crippen LogP contribution is 2.28. The van der Waals surface area contributed by atoms with Gasteiger partial charge in [-0.15, -0.1) is 10.2 Å². The number of carbonyl (C=O) groups excluding carboxylic acids is 2. The first-order valence-electron chi connectivity index (χ1n) is 10.5. The van der Waals surface area contributed by atoms with Gasteiger partial charge in [-0.05, 0) is 17.7 Å². The zero-order valence-corrected chi connectivity index (χ0v) is 19.7. The van der Waals surface area contributed by atoms with Crippen LogP contribution in [0.3, 0.4) is 0 Å². The Morgan fingerprint density at radius 2 is 1.91 bits per heavy atom. The Morgan fingerprint density at radius 1 is 1.15 bits per heavy atom. The second kappa shape index (κ2) is 11.1. The summed E-state index contributed by atoms with van der Waals surface area (Å²) in [6.07, 6.45) is 1.77. The van der Waals surface area contributed by atoms with Gasteiger partial charge in [0.1, 0.15) is 5.76 Å². The molecule has 1 aliphatic rings. The lowest BCUT2D eigenvalue weighted by Crippen LogP contribution is -2.49. The third kappa shape index (κ3) is 6.32. The number of thioether (sulfide) groups is 1. The van der Waals surface area contributed by atoms with Gasteiger partial charge in [0.05, 0.1) is 29.9 Å². The van der Waals surface area contributed by atoms with E-state index in [-0.39, 0.29) is 29.7 Å². The van der Waals surface area contributed by atoms with E-state index in [9.17, 15) is 19.7 Å². The van der Waals surface area contributed by atoms with Crippen molar-refractivity contribution in [1.82, 2.24) is 20.4 Å². The second-order valence-electron chi connectivity index (χ2n) is 7.46. The molecule has 0 unspecified atom stereocenters. The monoisotopic (exact) mass is 502 g/mol. The van der Waals surface area contributed by atoms with Crippen molar-refractivity contribution in [2.45, 2.75) is 17.3 Å². The van der Waals surface area contributed by atoms with Crippen molar-refractivity contribution >= 4 is 45.7 Å². The van der Waals surface area contributed by atoms with Gasteiger partial charge in [0.2, 0.25) is 16.9 Å². The highest BCUT2D eigenvalue weighted by Gasteiger charge is 2.24. The topological polar surface area (TPSA) is 135 Å². The Hall–Kier alpha value is -3.45. The number of benzene rings is 1. The molecule has 178 valence electrons. The average Bonchev–Trinajstić information content (AvgIpc) is 3.54. The number of aromatic nitrogens is 2. The Labute approximate surface area is 203 Å². The van der Waals surface area contributed by atoms with E-state index in [0.29, 0.717) is 42.8 Å². The summed E-state index contributed by atoms with van der Waals surface area (Å²) in [5.74, 6) is 0.808. The molecule has 0 radical (unpaired) electrons. The van der Waals surface area contributed by atoms with Crippen LogP contribution in [0.1, 0.15) is 11.3 Å². The normalized spacial score (nSPS) is 13.6. The van der Waals surface area contributed by atoms with E-state index < -0.39 is 4.92 Å². The van der Waals surface area contributed by atoms with Crippen LogP contribution >= 0.6 is 23.1 Å². The first-order valence-corrected chi connectivity index (χ1v) is 12.3. The number of furan rings is 1. The fourth-order valence-corrected chi connectivity index (χ4v) is 5.06. The lowest BCUT2D eigenvalue weighted by Gasteiger charge is -2.34. The third-order valence-corrected chi connectivity index (χ3v) is 7.29. The number of non-ortho nitro benzene ring substituents is 1. The Kier molecular flexibility index (Phi) is 7.75.